The van der Waals surface area contributed by atoms with Gasteiger partial charge in [-0.2, -0.15) is 0 Å². The highest BCUT2D eigenvalue weighted by atomic mass is 16.6. The van der Waals surface area contributed by atoms with Crippen LogP contribution in [-0.2, 0) is 32.6 Å². The Labute approximate surface area is 225 Å². The van der Waals surface area contributed by atoms with Crippen LogP contribution in [0.2, 0.25) is 0 Å². The minimum atomic E-state index is -0.762. The zero-order valence-corrected chi connectivity index (χ0v) is 23.5. The van der Waals surface area contributed by atoms with E-state index in [4.69, 9.17) is 19.7 Å². The van der Waals surface area contributed by atoms with Crippen molar-refractivity contribution >= 4 is 11.9 Å². The molecule has 0 aliphatic heterocycles. The van der Waals surface area contributed by atoms with E-state index in [0.717, 1.165) is 5.56 Å². The molecule has 9 heteroatoms. The number of nitrogens with one attached hydrogen (secondary N) is 1. The minimum Gasteiger partial charge on any atom is -0.493 e. The lowest BCUT2D eigenvalue weighted by molar-refractivity contribution is -0.161. The summed E-state index contributed by atoms with van der Waals surface area (Å²) in [5.41, 5.74) is 10.8. The van der Waals surface area contributed by atoms with E-state index in [1.807, 2.05) is 0 Å². The SMILES string of the molecule is COc1cc(CC(=O)NC(CCc2ccc(C(C)(C)C)cc2)OC(=O)C(C)(C)C)ccc1OCCN=[N+]=[N-]. The molecule has 0 bridgehead atoms. The molecule has 206 valence electrons. The lowest BCUT2D eigenvalue weighted by Crippen LogP contribution is -2.41. The number of nitrogens with zero attached hydrogens (tertiary/aromatic N) is 3. The van der Waals surface area contributed by atoms with Crippen LogP contribution >= 0.6 is 0 Å². The smallest absolute Gasteiger partial charge is 0.313 e. The fraction of sp³-hybridized carbons (Fsp3) is 0.517. The number of rotatable bonds is 12. The fourth-order valence-corrected chi connectivity index (χ4v) is 3.53. The van der Waals surface area contributed by atoms with Gasteiger partial charge in [0.15, 0.2) is 17.7 Å². The number of carbonyl (C=O) groups is 2. The van der Waals surface area contributed by atoms with Crippen molar-refractivity contribution in [3.05, 3.63) is 69.6 Å². The maximum Gasteiger partial charge on any atom is 0.313 e. The normalized spacial score (nSPS) is 12.2. The van der Waals surface area contributed by atoms with Gasteiger partial charge in [0.2, 0.25) is 5.91 Å². The third-order valence-corrected chi connectivity index (χ3v) is 5.80. The zero-order chi connectivity index (χ0) is 28.3. The first-order valence-electron chi connectivity index (χ1n) is 12.7. The van der Waals surface area contributed by atoms with Crippen molar-refractivity contribution < 1.29 is 23.8 Å². The van der Waals surface area contributed by atoms with Crippen molar-refractivity contribution in [2.75, 3.05) is 20.3 Å². The third-order valence-electron chi connectivity index (χ3n) is 5.80. The second-order valence-corrected chi connectivity index (χ2v) is 11.2. The highest BCUT2D eigenvalue weighted by Crippen LogP contribution is 2.28. The Balaban J connectivity index is 2.07. The molecular weight excluding hydrogens is 484 g/mol. The number of benzene rings is 2. The number of esters is 1. The Morgan fingerprint density at radius 2 is 1.66 bits per heavy atom. The van der Waals surface area contributed by atoms with Crippen molar-refractivity contribution in [1.29, 1.82) is 0 Å². The molecule has 1 N–H and O–H groups in total. The summed E-state index contributed by atoms with van der Waals surface area (Å²) >= 11 is 0. The van der Waals surface area contributed by atoms with Gasteiger partial charge < -0.3 is 19.5 Å². The second-order valence-electron chi connectivity index (χ2n) is 11.2. The van der Waals surface area contributed by atoms with Gasteiger partial charge in [-0.05, 0) is 67.0 Å². The van der Waals surface area contributed by atoms with Crippen LogP contribution in [0.15, 0.2) is 47.6 Å². The first kappa shape index (κ1) is 30.5. The van der Waals surface area contributed by atoms with Gasteiger partial charge in [-0.15, -0.1) is 0 Å². The zero-order valence-electron chi connectivity index (χ0n) is 23.5. The van der Waals surface area contributed by atoms with Crippen LogP contribution in [0.5, 0.6) is 11.5 Å². The number of carbonyl (C=O) groups excluding carboxylic acids is 2. The summed E-state index contributed by atoms with van der Waals surface area (Å²) in [5, 5.41) is 6.31. The van der Waals surface area contributed by atoms with Crippen molar-refractivity contribution in [2.24, 2.45) is 10.5 Å². The number of hydrogen-bond donors (Lipinski definition) is 1. The summed E-state index contributed by atoms with van der Waals surface area (Å²) in [6.45, 7) is 12.2. The van der Waals surface area contributed by atoms with Crippen molar-refractivity contribution in [1.82, 2.24) is 5.32 Å². The molecule has 0 aromatic heterocycles. The van der Waals surface area contributed by atoms with Crippen molar-refractivity contribution in [2.45, 2.75) is 72.4 Å². The number of methoxy groups -OCH3 is 1. The Kier molecular flexibility index (Phi) is 11.0. The average Bonchev–Trinajstić information content (AvgIpc) is 2.84. The van der Waals surface area contributed by atoms with E-state index in [2.05, 4.69) is 60.4 Å². The van der Waals surface area contributed by atoms with Crippen molar-refractivity contribution in [3.8, 4) is 11.5 Å². The monoisotopic (exact) mass is 524 g/mol. The topological polar surface area (TPSA) is 123 Å². The van der Waals surface area contributed by atoms with Crippen LogP contribution in [0.3, 0.4) is 0 Å². The summed E-state index contributed by atoms with van der Waals surface area (Å²) in [6.07, 6.45) is 0.396. The van der Waals surface area contributed by atoms with E-state index >= 15 is 0 Å². The standard InChI is InChI=1S/C29H40N4O5/c1-28(2,3)22-12-8-20(9-13-22)11-15-26(38-27(35)29(4,5)6)32-25(34)19-21-10-14-23(24(18-21)36-7)37-17-16-31-33-30/h8-10,12-14,18,26H,11,15-17,19H2,1-7H3,(H,32,34). The lowest BCUT2D eigenvalue weighted by Gasteiger charge is -2.24. The molecular formula is C29H40N4O5. The molecule has 1 amide bonds. The summed E-state index contributed by atoms with van der Waals surface area (Å²) < 4.78 is 16.7. The minimum absolute atomic E-state index is 0.0657. The predicted molar refractivity (Wildman–Crippen MR) is 147 cm³/mol. The molecule has 0 saturated heterocycles. The molecule has 1 atom stereocenters. The maximum absolute atomic E-state index is 12.9. The molecule has 9 nitrogen and oxygen atoms in total. The highest BCUT2D eigenvalue weighted by molar-refractivity contribution is 5.80. The summed E-state index contributed by atoms with van der Waals surface area (Å²) in [5.74, 6) is 0.290. The van der Waals surface area contributed by atoms with Gasteiger partial charge >= 0.3 is 5.97 Å². The van der Waals surface area contributed by atoms with E-state index in [9.17, 15) is 9.59 Å². The van der Waals surface area contributed by atoms with Crippen LogP contribution in [0, 0.1) is 5.41 Å². The van der Waals surface area contributed by atoms with Crippen LogP contribution < -0.4 is 14.8 Å². The largest absolute Gasteiger partial charge is 0.493 e. The molecule has 2 aromatic carbocycles. The maximum atomic E-state index is 12.9. The first-order chi connectivity index (χ1) is 17.8. The van der Waals surface area contributed by atoms with Crippen LogP contribution in [-0.4, -0.2) is 38.4 Å². The van der Waals surface area contributed by atoms with Gasteiger partial charge in [0, 0.05) is 11.3 Å². The Bertz CT molecular complexity index is 1130. The molecule has 0 radical (unpaired) electrons. The molecule has 2 aromatic rings. The average molecular weight is 525 g/mol. The number of azide groups is 1. The number of ether oxygens (including phenoxy) is 3. The number of hydrogen-bond acceptors (Lipinski definition) is 6. The van der Waals surface area contributed by atoms with Crippen LogP contribution in [0.1, 0.15) is 64.7 Å². The molecule has 1 unspecified atom stereocenters. The highest BCUT2D eigenvalue weighted by Gasteiger charge is 2.27. The Morgan fingerprint density at radius 1 is 1.00 bits per heavy atom. The van der Waals surface area contributed by atoms with Crippen molar-refractivity contribution in [3.63, 3.8) is 0 Å². The summed E-state index contributed by atoms with van der Waals surface area (Å²) in [4.78, 5) is 28.2. The van der Waals surface area contributed by atoms with E-state index in [1.165, 1.54) is 12.7 Å². The van der Waals surface area contributed by atoms with E-state index in [0.29, 0.717) is 29.9 Å². The Morgan fingerprint density at radius 3 is 2.24 bits per heavy atom. The third kappa shape index (κ3) is 9.98. The van der Waals surface area contributed by atoms with Gasteiger partial charge in [0.1, 0.15) is 0 Å². The molecule has 0 spiro atoms. The number of amides is 1. The van der Waals surface area contributed by atoms with E-state index in [1.54, 1.807) is 39.0 Å². The van der Waals surface area contributed by atoms with E-state index < -0.39 is 11.6 Å². The molecule has 0 aliphatic rings. The van der Waals surface area contributed by atoms with Gasteiger partial charge in [-0.25, -0.2) is 0 Å². The van der Waals surface area contributed by atoms with E-state index in [-0.39, 0.29) is 36.9 Å². The molecule has 38 heavy (non-hydrogen) atoms. The second kappa shape index (κ2) is 13.7. The van der Waals surface area contributed by atoms with Crippen LogP contribution in [0.25, 0.3) is 10.4 Å². The summed E-state index contributed by atoms with van der Waals surface area (Å²) in [6, 6.07) is 13.6. The van der Waals surface area contributed by atoms with Gasteiger partial charge in [-0.1, -0.05) is 56.2 Å². The molecule has 2 rings (SSSR count). The molecule has 0 heterocycles. The summed E-state index contributed by atoms with van der Waals surface area (Å²) in [7, 11) is 1.51. The lowest BCUT2D eigenvalue weighted by atomic mass is 9.86. The first-order valence-corrected chi connectivity index (χ1v) is 12.7. The predicted octanol–water partition coefficient (Wildman–Crippen LogP) is 5.89. The van der Waals surface area contributed by atoms with Gasteiger partial charge in [0.25, 0.3) is 0 Å². The Hall–Kier alpha value is -3.71. The fourth-order valence-electron chi connectivity index (χ4n) is 3.53. The molecule has 0 fully saturated rings. The molecule has 0 aliphatic carbocycles. The van der Waals surface area contributed by atoms with Gasteiger partial charge in [-0.3, -0.25) is 9.59 Å². The quantitative estimate of drug-likeness (QED) is 0.0926. The van der Waals surface area contributed by atoms with Gasteiger partial charge in [0.05, 0.1) is 32.1 Å². The van der Waals surface area contributed by atoms with Crippen LogP contribution in [0.4, 0.5) is 0 Å². The number of aryl methyl sites for hydroxylation is 1. The molecule has 0 saturated carbocycles.